The highest BCUT2D eigenvalue weighted by Gasteiger charge is 2.21. The number of rotatable bonds is 1. The van der Waals surface area contributed by atoms with Gasteiger partial charge in [0.25, 0.3) is 0 Å². The lowest BCUT2D eigenvalue weighted by atomic mass is 9.92. The highest BCUT2D eigenvalue weighted by atomic mass is 15.2. The molecule has 0 spiro atoms. The summed E-state index contributed by atoms with van der Waals surface area (Å²) in [4.78, 5) is 2.06. The lowest BCUT2D eigenvalue weighted by Gasteiger charge is -2.35. The van der Waals surface area contributed by atoms with Crippen molar-refractivity contribution in [1.82, 2.24) is 4.90 Å². The van der Waals surface area contributed by atoms with Crippen LogP contribution in [0.3, 0.4) is 0 Å². The molecule has 0 unspecified atom stereocenters. The van der Waals surface area contributed by atoms with E-state index in [0.29, 0.717) is 11.9 Å². The van der Waals surface area contributed by atoms with Gasteiger partial charge in [-0.05, 0) is 26.2 Å². The van der Waals surface area contributed by atoms with Crippen LogP contribution in [0.4, 0.5) is 0 Å². The Morgan fingerprint density at radius 3 is 2.22 bits per heavy atom. The first-order valence-electron chi connectivity index (χ1n) is 3.50. The van der Waals surface area contributed by atoms with Crippen molar-refractivity contribution in [2.24, 2.45) is 0 Å². The molecule has 1 rings (SSSR count). The molecule has 2 heteroatoms. The Bertz CT molecular complexity index is 116. The van der Waals surface area contributed by atoms with Crippen molar-refractivity contribution in [3.63, 3.8) is 0 Å². The van der Waals surface area contributed by atoms with Crippen molar-refractivity contribution in [1.29, 1.82) is 5.41 Å². The molecule has 1 aliphatic carbocycles. The van der Waals surface area contributed by atoms with Crippen LogP contribution in [0.5, 0.6) is 0 Å². The first-order chi connectivity index (χ1) is 4.22. The van der Waals surface area contributed by atoms with E-state index in [4.69, 9.17) is 5.41 Å². The van der Waals surface area contributed by atoms with E-state index < -0.39 is 0 Å². The van der Waals surface area contributed by atoms with E-state index >= 15 is 0 Å². The van der Waals surface area contributed by atoms with E-state index in [1.54, 1.807) is 0 Å². The van der Waals surface area contributed by atoms with Gasteiger partial charge in [0.1, 0.15) is 0 Å². The third-order valence-electron chi connectivity index (χ3n) is 2.15. The van der Waals surface area contributed by atoms with Crippen molar-refractivity contribution in [2.45, 2.75) is 32.2 Å². The maximum Gasteiger partial charge on any atom is 0.0925 e. The highest BCUT2D eigenvalue weighted by molar-refractivity contribution is 5.76. The molecule has 0 aromatic rings. The average molecular weight is 126 g/mol. The Balaban J connectivity index is 2.32. The SMILES string of the molecule is CC(=N)N(C)C1CCC1. The Morgan fingerprint density at radius 2 is 2.11 bits per heavy atom. The van der Waals surface area contributed by atoms with Gasteiger partial charge in [0.15, 0.2) is 0 Å². The third kappa shape index (κ3) is 1.23. The monoisotopic (exact) mass is 126 g/mol. The lowest BCUT2D eigenvalue weighted by molar-refractivity contribution is 0.238. The van der Waals surface area contributed by atoms with E-state index in [2.05, 4.69) is 4.90 Å². The largest absolute Gasteiger partial charge is 0.361 e. The Hall–Kier alpha value is -0.530. The topological polar surface area (TPSA) is 27.1 Å². The molecule has 0 bridgehead atoms. The summed E-state index contributed by atoms with van der Waals surface area (Å²) < 4.78 is 0. The van der Waals surface area contributed by atoms with Gasteiger partial charge in [-0.25, -0.2) is 0 Å². The minimum Gasteiger partial charge on any atom is -0.361 e. The summed E-state index contributed by atoms with van der Waals surface area (Å²) in [7, 11) is 2.01. The smallest absolute Gasteiger partial charge is 0.0925 e. The van der Waals surface area contributed by atoms with E-state index in [0.717, 1.165) is 0 Å². The molecule has 0 aliphatic heterocycles. The van der Waals surface area contributed by atoms with Crippen molar-refractivity contribution in [2.75, 3.05) is 7.05 Å². The molecular formula is C7H14N2. The predicted octanol–water partition coefficient (Wildman–Crippen LogP) is 1.47. The van der Waals surface area contributed by atoms with Crippen LogP contribution in [0.15, 0.2) is 0 Å². The van der Waals surface area contributed by atoms with Gasteiger partial charge < -0.3 is 4.90 Å². The van der Waals surface area contributed by atoms with Crippen LogP contribution in [-0.4, -0.2) is 23.8 Å². The van der Waals surface area contributed by atoms with E-state index in [9.17, 15) is 0 Å². The highest BCUT2D eigenvalue weighted by Crippen LogP contribution is 2.23. The number of hydrogen-bond acceptors (Lipinski definition) is 1. The van der Waals surface area contributed by atoms with Gasteiger partial charge in [-0.2, -0.15) is 0 Å². The molecule has 0 heterocycles. The van der Waals surface area contributed by atoms with Crippen molar-refractivity contribution < 1.29 is 0 Å². The zero-order chi connectivity index (χ0) is 6.85. The summed E-state index contributed by atoms with van der Waals surface area (Å²) in [6, 6.07) is 0.683. The average Bonchev–Trinajstić information content (AvgIpc) is 1.60. The zero-order valence-electron chi connectivity index (χ0n) is 6.15. The molecule has 0 amide bonds. The van der Waals surface area contributed by atoms with Gasteiger partial charge >= 0.3 is 0 Å². The van der Waals surface area contributed by atoms with Gasteiger partial charge in [0, 0.05) is 13.1 Å². The Morgan fingerprint density at radius 1 is 1.56 bits per heavy atom. The third-order valence-corrected chi connectivity index (χ3v) is 2.15. The van der Waals surface area contributed by atoms with Crippen LogP contribution in [0, 0.1) is 5.41 Å². The molecule has 0 atom stereocenters. The molecule has 1 fully saturated rings. The number of nitrogens with zero attached hydrogens (tertiary/aromatic N) is 1. The van der Waals surface area contributed by atoms with E-state index in [1.807, 2.05) is 14.0 Å². The maximum absolute atomic E-state index is 7.29. The molecule has 0 aromatic carbocycles. The summed E-state index contributed by atoms with van der Waals surface area (Å²) >= 11 is 0. The molecule has 52 valence electrons. The zero-order valence-corrected chi connectivity index (χ0v) is 6.15. The quantitative estimate of drug-likeness (QED) is 0.418. The van der Waals surface area contributed by atoms with Crippen LogP contribution in [0.1, 0.15) is 26.2 Å². The van der Waals surface area contributed by atoms with Gasteiger partial charge in [-0.3, -0.25) is 5.41 Å². The number of amidine groups is 1. The summed E-state index contributed by atoms with van der Waals surface area (Å²) in [6.45, 7) is 1.85. The fourth-order valence-electron chi connectivity index (χ4n) is 1.05. The second kappa shape index (κ2) is 2.38. The molecular weight excluding hydrogens is 112 g/mol. The molecule has 1 N–H and O–H groups in total. The molecule has 0 radical (unpaired) electrons. The fourth-order valence-corrected chi connectivity index (χ4v) is 1.05. The van der Waals surface area contributed by atoms with Gasteiger partial charge in [-0.15, -0.1) is 0 Å². The van der Waals surface area contributed by atoms with E-state index in [-0.39, 0.29) is 0 Å². The second-order valence-electron chi connectivity index (χ2n) is 2.78. The summed E-state index contributed by atoms with van der Waals surface area (Å²) in [5.41, 5.74) is 0. The van der Waals surface area contributed by atoms with Crippen LogP contribution in [0.25, 0.3) is 0 Å². The molecule has 0 saturated heterocycles. The van der Waals surface area contributed by atoms with Gasteiger partial charge in [-0.1, -0.05) is 0 Å². The van der Waals surface area contributed by atoms with Gasteiger partial charge in [0.05, 0.1) is 5.84 Å². The standard InChI is InChI=1S/C7H14N2/c1-6(8)9(2)7-4-3-5-7/h7-8H,3-5H2,1-2H3. The Kier molecular flexibility index (Phi) is 1.74. The minimum absolute atomic E-state index is 0.683. The predicted molar refractivity (Wildman–Crippen MR) is 38.8 cm³/mol. The second-order valence-corrected chi connectivity index (χ2v) is 2.78. The van der Waals surface area contributed by atoms with Gasteiger partial charge in [0.2, 0.25) is 0 Å². The van der Waals surface area contributed by atoms with Crippen LogP contribution in [0.2, 0.25) is 0 Å². The van der Waals surface area contributed by atoms with Crippen molar-refractivity contribution >= 4 is 5.84 Å². The molecule has 9 heavy (non-hydrogen) atoms. The normalized spacial score (nSPS) is 18.9. The number of hydrogen-bond donors (Lipinski definition) is 1. The lowest BCUT2D eigenvalue weighted by Crippen LogP contribution is -2.39. The Labute approximate surface area is 56.4 Å². The molecule has 2 nitrogen and oxygen atoms in total. The first kappa shape index (κ1) is 6.59. The summed E-state index contributed by atoms with van der Waals surface area (Å²) in [5.74, 6) is 0.694. The van der Waals surface area contributed by atoms with Crippen molar-refractivity contribution in [3.05, 3.63) is 0 Å². The van der Waals surface area contributed by atoms with E-state index in [1.165, 1.54) is 19.3 Å². The fraction of sp³-hybridized carbons (Fsp3) is 0.857. The van der Waals surface area contributed by atoms with Crippen LogP contribution < -0.4 is 0 Å². The summed E-state index contributed by atoms with van der Waals surface area (Å²) in [5, 5.41) is 7.29. The summed E-state index contributed by atoms with van der Waals surface area (Å²) in [6.07, 6.45) is 3.92. The molecule has 1 aliphatic rings. The van der Waals surface area contributed by atoms with Crippen LogP contribution >= 0.6 is 0 Å². The first-order valence-corrected chi connectivity index (χ1v) is 3.50. The minimum atomic E-state index is 0.683. The number of nitrogens with one attached hydrogen (secondary N) is 1. The maximum atomic E-state index is 7.29. The molecule has 1 saturated carbocycles. The van der Waals surface area contributed by atoms with Crippen molar-refractivity contribution in [3.8, 4) is 0 Å². The van der Waals surface area contributed by atoms with Crippen LogP contribution in [-0.2, 0) is 0 Å². The molecule has 0 aromatic heterocycles.